The highest BCUT2D eigenvalue weighted by Crippen LogP contribution is 2.13. The Morgan fingerprint density at radius 1 is 1.07 bits per heavy atom. The predicted octanol–water partition coefficient (Wildman–Crippen LogP) is 4.27. The zero-order valence-electron chi connectivity index (χ0n) is 15.9. The molecule has 0 aliphatic rings. The first-order chi connectivity index (χ1) is 14.6. The molecule has 0 saturated carbocycles. The van der Waals surface area contributed by atoms with E-state index < -0.39 is 0 Å². The summed E-state index contributed by atoms with van der Waals surface area (Å²) in [5, 5.41) is 15.6. The smallest absolute Gasteiger partial charge is 0.262 e. The van der Waals surface area contributed by atoms with Gasteiger partial charge in [-0.25, -0.2) is 4.39 Å². The summed E-state index contributed by atoms with van der Waals surface area (Å²) in [6, 6.07) is 21.7. The Balaban J connectivity index is 1.44. The van der Waals surface area contributed by atoms with Gasteiger partial charge in [0.15, 0.2) is 6.61 Å². The maximum atomic E-state index is 12.9. The molecular formula is C23H18FN3O3. The van der Waals surface area contributed by atoms with Gasteiger partial charge in [-0.3, -0.25) is 4.79 Å². The van der Waals surface area contributed by atoms with E-state index in [9.17, 15) is 9.18 Å². The highest BCUT2D eigenvalue weighted by atomic mass is 19.1. The molecule has 0 radical (unpaired) electrons. The van der Waals surface area contributed by atoms with Crippen molar-refractivity contribution in [1.82, 2.24) is 0 Å². The second-order valence-corrected chi connectivity index (χ2v) is 6.19. The summed E-state index contributed by atoms with van der Waals surface area (Å²) < 4.78 is 18.3. The molecule has 7 heteroatoms. The van der Waals surface area contributed by atoms with Crippen LogP contribution >= 0.6 is 0 Å². The van der Waals surface area contributed by atoms with Gasteiger partial charge in [0.25, 0.3) is 5.91 Å². The highest BCUT2D eigenvalue weighted by Gasteiger charge is 2.04. The summed E-state index contributed by atoms with van der Waals surface area (Å²) >= 11 is 0. The van der Waals surface area contributed by atoms with Gasteiger partial charge in [0.05, 0.1) is 17.8 Å². The summed E-state index contributed by atoms with van der Waals surface area (Å²) in [6.07, 6.45) is 1.54. The number of carbonyl (C=O) groups is 1. The van der Waals surface area contributed by atoms with Gasteiger partial charge in [-0.1, -0.05) is 23.4 Å². The lowest BCUT2D eigenvalue weighted by Gasteiger charge is -2.07. The minimum atomic E-state index is -0.370. The molecule has 6 nitrogen and oxygen atoms in total. The second-order valence-electron chi connectivity index (χ2n) is 6.19. The van der Waals surface area contributed by atoms with Crippen molar-refractivity contribution in [3.05, 3.63) is 95.3 Å². The summed E-state index contributed by atoms with van der Waals surface area (Å²) in [7, 11) is 0. The van der Waals surface area contributed by atoms with Crippen molar-refractivity contribution in [3.8, 4) is 11.8 Å². The number of hydrogen-bond acceptors (Lipinski definition) is 5. The number of carbonyl (C=O) groups excluding carboxylic acids is 1. The molecule has 0 bridgehead atoms. The fraction of sp³-hybridized carbons (Fsp3) is 0.0870. The minimum Gasteiger partial charge on any atom is -0.484 e. The molecular weight excluding hydrogens is 385 g/mol. The average Bonchev–Trinajstić information content (AvgIpc) is 2.78. The van der Waals surface area contributed by atoms with Gasteiger partial charge in [0, 0.05) is 11.3 Å². The van der Waals surface area contributed by atoms with E-state index in [-0.39, 0.29) is 24.9 Å². The second kappa shape index (κ2) is 10.4. The third-order valence-corrected chi connectivity index (χ3v) is 4.01. The first-order valence-corrected chi connectivity index (χ1v) is 9.05. The summed E-state index contributed by atoms with van der Waals surface area (Å²) in [6.45, 7) is 0.0246. The lowest BCUT2D eigenvalue weighted by atomic mass is 10.1. The van der Waals surface area contributed by atoms with Crippen molar-refractivity contribution in [2.24, 2.45) is 5.16 Å². The number of benzene rings is 3. The largest absolute Gasteiger partial charge is 0.484 e. The Labute approximate surface area is 173 Å². The van der Waals surface area contributed by atoms with Crippen molar-refractivity contribution in [2.75, 3.05) is 11.9 Å². The molecule has 150 valence electrons. The quantitative estimate of drug-likeness (QED) is 0.450. The van der Waals surface area contributed by atoms with Gasteiger partial charge in [0.2, 0.25) is 0 Å². The number of oxime groups is 1. The standard InChI is InChI=1S/C23H18FN3O3/c24-20-7-9-21(10-8-20)27-23(28)16-29-22-11-5-17(6-12-22)14-26-30-15-19-4-2-1-3-18(19)13-25/h1-12,14H,15-16H2,(H,27,28)/b26-14-. The predicted molar refractivity (Wildman–Crippen MR) is 111 cm³/mol. The number of rotatable bonds is 8. The molecule has 0 heterocycles. The monoisotopic (exact) mass is 403 g/mol. The molecule has 3 rings (SSSR count). The van der Waals surface area contributed by atoms with Crippen molar-refractivity contribution in [1.29, 1.82) is 5.26 Å². The van der Waals surface area contributed by atoms with Crippen LogP contribution in [-0.2, 0) is 16.2 Å². The van der Waals surface area contributed by atoms with Gasteiger partial charge < -0.3 is 14.9 Å². The molecule has 0 atom stereocenters. The molecule has 0 aliphatic heterocycles. The Kier molecular flexibility index (Phi) is 7.12. The van der Waals surface area contributed by atoms with Gasteiger partial charge in [0.1, 0.15) is 18.2 Å². The van der Waals surface area contributed by atoms with Gasteiger partial charge in [-0.2, -0.15) is 5.26 Å². The van der Waals surface area contributed by atoms with Crippen molar-refractivity contribution >= 4 is 17.8 Å². The molecule has 30 heavy (non-hydrogen) atoms. The van der Waals surface area contributed by atoms with Crippen LogP contribution in [-0.4, -0.2) is 18.7 Å². The van der Waals surface area contributed by atoms with E-state index in [1.165, 1.54) is 24.3 Å². The first-order valence-electron chi connectivity index (χ1n) is 9.05. The maximum absolute atomic E-state index is 12.9. The number of nitriles is 1. The number of halogens is 1. The highest BCUT2D eigenvalue weighted by molar-refractivity contribution is 5.91. The zero-order chi connectivity index (χ0) is 21.2. The Hall–Kier alpha value is -4.18. The number of nitrogens with one attached hydrogen (secondary N) is 1. The van der Waals surface area contributed by atoms with E-state index in [0.717, 1.165) is 11.1 Å². The van der Waals surface area contributed by atoms with Crippen LogP contribution in [0.4, 0.5) is 10.1 Å². The van der Waals surface area contributed by atoms with Crippen LogP contribution in [0.25, 0.3) is 0 Å². The average molecular weight is 403 g/mol. The molecule has 0 unspecified atom stereocenters. The molecule has 0 saturated heterocycles. The van der Waals surface area contributed by atoms with Crippen LogP contribution in [0.3, 0.4) is 0 Å². The van der Waals surface area contributed by atoms with Crippen LogP contribution in [0, 0.1) is 17.1 Å². The zero-order valence-corrected chi connectivity index (χ0v) is 15.9. The summed E-state index contributed by atoms with van der Waals surface area (Å²) in [5.74, 6) is -0.200. The van der Waals surface area contributed by atoms with Gasteiger partial charge in [-0.05, 0) is 60.2 Å². The summed E-state index contributed by atoms with van der Waals surface area (Å²) in [5.41, 5.74) is 2.60. The lowest BCUT2D eigenvalue weighted by Crippen LogP contribution is -2.20. The van der Waals surface area contributed by atoms with E-state index in [0.29, 0.717) is 17.0 Å². The van der Waals surface area contributed by atoms with Gasteiger partial charge >= 0.3 is 0 Å². The number of hydrogen-bond donors (Lipinski definition) is 1. The molecule has 3 aromatic rings. The fourth-order valence-electron chi connectivity index (χ4n) is 2.49. The number of amides is 1. The number of ether oxygens (including phenoxy) is 1. The van der Waals surface area contributed by atoms with E-state index in [1.807, 2.05) is 12.1 Å². The molecule has 0 spiro atoms. The normalized spacial score (nSPS) is 10.4. The third kappa shape index (κ3) is 6.17. The van der Waals surface area contributed by atoms with E-state index >= 15 is 0 Å². The van der Waals surface area contributed by atoms with E-state index in [1.54, 1.807) is 42.6 Å². The molecule has 1 amide bonds. The molecule has 0 fully saturated rings. The number of nitrogens with zero attached hydrogens (tertiary/aromatic N) is 2. The Morgan fingerprint density at radius 3 is 2.53 bits per heavy atom. The van der Waals surface area contributed by atoms with Crippen LogP contribution in [0.5, 0.6) is 5.75 Å². The van der Waals surface area contributed by atoms with Crippen molar-refractivity contribution in [2.45, 2.75) is 6.61 Å². The molecule has 1 N–H and O–H groups in total. The van der Waals surface area contributed by atoms with E-state index in [4.69, 9.17) is 14.8 Å². The molecule has 3 aromatic carbocycles. The van der Waals surface area contributed by atoms with Crippen molar-refractivity contribution in [3.63, 3.8) is 0 Å². The Bertz CT molecular complexity index is 1060. The Morgan fingerprint density at radius 2 is 1.80 bits per heavy atom. The van der Waals surface area contributed by atoms with Gasteiger partial charge in [-0.15, -0.1) is 0 Å². The fourth-order valence-corrected chi connectivity index (χ4v) is 2.49. The maximum Gasteiger partial charge on any atom is 0.262 e. The molecule has 0 aromatic heterocycles. The molecule has 0 aliphatic carbocycles. The van der Waals surface area contributed by atoms with E-state index in [2.05, 4.69) is 16.5 Å². The SMILES string of the molecule is N#Cc1ccccc1CO/N=C\c1ccc(OCC(=O)Nc2ccc(F)cc2)cc1. The van der Waals surface area contributed by atoms with Crippen molar-refractivity contribution < 1.29 is 18.8 Å². The minimum absolute atomic E-state index is 0.174. The third-order valence-electron chi connectivity index (χ3n) is 4.01. The van der Waals surface area contributed by atoms with Crippen LogP contribution in [0.15, 0.2) is 78.0 Å². The number of anilines is 1. The van der Waals surface area contributed by atoms with Crippen LogP contribution < -0.4 is 10.1 Å². The van der Waals surface area contributed by atoms with Crippen LogP contribution in [0.1, 0.15) is 16.7 Å². The first kappa shape index (κ1) is 20.6. The topological polar surface area (TPSA) is 83.7 Å². The lowest BCUT2D eigenvalue weighted by molar-refractivity contribution is -0.118. The van der Waals surface area contributed by atoms with Crippen LogP contribution in [0.2, 0.25) is 0 Å². The summed E-state index contributed by atoms with van der Waals surface area (Å²) in [4.78, 5) is 17.1.